The van der Waals surface area contributed by atoms with Crippen LogP contribution >= 0.6 is 0 Å². The van der Waals surface area contributed by atoms with Gasteiger partial charge in [-0.2, -0.15) is 0 Å². The zero-order valence-corrected chi connectivity index (χ0v) is 30.1. The van der Waals surface area contributed by atoms with E-state index in [9.17, 15) is 19.2 Å². The summed E-state index contributed by atoms with van der Waals surface area (Å²) >= 11 is 0. The van der Waals surface area contributed by atoms with Gasteiger partial charge in [-0.3, -0.25) is 14.4 Å². The summed E-state index contributed by atoms with van der Waals surface area (Å²) in [6.07, 6.45) is 2.95. The molecule has 3 amide bonds. The standard InChI is InChI=1S/C39H49N3O9/c1-39(2,3)51-38(47)42-22-20-29(21-23-42)50-33-16-11-9-14-30(33)36(45)40-31-19-18-27(25-34(31)48-5)37(46)41(4)32-15-10-8-13-28(32)26-49-24-12-6-7-17-35(43)44/h8-11,13-16,18-19,25,29H,6-7,12,17,20-24,26H2,1-5H3,(H,40,45)(H,43,44). The maximum atomic E-state index is 13.6. The van der Waals surface area contributed by atoms with Gasteiger partial charge in [-0.25, -0.2) is 4.79 Å². The van der Waals surface area contributed by atoms with E-state index < -0.39 is 17.5 Å². The molecular weight excluding hydrogens is 654 g/mol. The van der Waals surface area contributed by atoms with Crippen molar-refractivity contribution in [1.29, 1.82) is 0 Å². The van der Waals surface area contributed by atoms with Crippen molar-refractivity contribution in [2.45, 2.75) is 77.6 Å². The first kappa shape index (κ1) is 38.7. The minimum Gasteiger partial charge on any atom is -0.495 e. The van der Waals surface area contributed by atoms with Crippen LogP contribution in [0.5, 0.6) is 11.5 Å². The van der Waals surface area contributed by atoms with Gasteiger partial charge in [0, 0.05) is 62.8 Å². The molecule has 1 aliphatic rings. The number of anilines is 2. The summed E-state index contributed by atoms with van der Waals surface area (Å²) in [5, 5.41) is 11.7. The number of methoxy groups -OCH3 is 1. The number of likely N-dealkylation sites (tertiary alicyclic amines) is 1. The van der Waals surface area contributed by atoms with Crippen molar-refractivity contribution in [3.8, 4) is 11.5 Å². The molecule has 274 valence electrons. The number of carbonyl (C=O) groups excluding carboxylic acids is 3. The van der Waals surface area contributed by atoms with E-state index in [0.717, 1.165) is 18.4 Å². The van der Waals surface area contributed by atoms with E-state index in [-0.39, 0.29) is 24.5 Å². The van der Waals surface area contributed by atoms with Crippen LogP contribution < -0.4 is 19.7 Å². The molecule has 0 radical (unpaired) electrons. The van der Waals surface area contributed by atoms with Crippen LogP contribution in [-0.4, -0.2) is 79.4 Å². The number of hydrogen-bond acceptors (Lipinski definition) is 8. The highest BCUT2D eigenvalue weighted by Gasteiger charge is 2.28. The Kier molecular flexibility index (Phi) is 13.8. The van der Waals surface area contributed by atoms with Crippen molar-refractivity contribution in [3.63, 3.8) is 0 Å². The van der Waals surface area contributed by atoms with Gasteiger partial charge in [0.15, 0.2) is 0 Å². The van der Waals surface area contributed by atoms with E-state index in [1.807, 2.05) is 45.0 Å². The molecule has 4 rings (SSSR count). The summed E-state index contributed by atoms with van der Waals surface area (Å²) in [4.78, 5) is 53.5. The fraction of sp³-hybridized carbons (Fsp3) is 0.436. The Morgan fingerprint density at radius 3 is 2.33 bits per heavy atom. The van der Waals surface area contributed by atoms with Crippen LogP contribution in [0.25, 0.3) is 0 Å². The van der Waals surface area contributed by atoms with Gasteiger partial charge in [0.1, 0.15) is 23.2 Å². The van der Waals surface area contributed by atoms with Crippen molar-refractivity contribution >= 4 is 35.3 Å². The first-order valence-corrected chi connectivity index (χ1v) is 17.2. The summed E-state index contributed by atoms with van der Waals surface area (Å²) in [6, 6.07) is 19.3. The fourth-order valence-corrected chi connectivity index (χ4v) is 5.64. The summed E-state index contributed by atoms with van der Waals surface area (Å²) in [6.45, 7) is 7.28. The molecule has 12 nitrogen and oxygen atoms in total. The van der Waals surface area contributed by atoms with Crippen LogP contribution in [0.1, 0.15) is 85.6 Å². The third-order valence-corrected chi connectivity index (χ3v) is 8.31. The molecule has 0 saturated carbocycles. The molecule has 0 aliphatic carbocycles. The summed E-state index contributed by atoms with van der Waals surface area (Å²) in [5.41, 5.74) is 2.05. The molecule has 3 aromatic carbocycles. The topological polar surface area (TPSA) is 144 Å². The van der Waals surface area contributed by atoms with Gasteiger partial charge in [-0.1, -0.05) is 36.8 Å². The number of nitrogens with one attached hydrogen (secondary N) is 1. The van der Waals surface area contributed by atoms with Crippen LogP contribution in [0.2, 0.25) is 0 Å². The predicted molar refractivity (Wildman–Crippen MR) is 194 cm³/mol. The van der Waals surface area contributed by atoms with Crippen molar-refractivity contribution in [1.82, 2.24) is 4.90 Å². The molecule has 1 fully saturated rings. The number of aliphatic carboxylic acids is 1. The number of para-hydroxylation sites is 2. The van der Waals surface area contributed by atoms with Crippen LogP contribution in [0.15, 0.2) is 66.7 Å². The maximum Gasteiger partial charge on any atom is 0.410 e. The predicted octanol–water partition coefficient (Wildman–Crippen LogP) is 7.16. The van der Waals surface area contributed by atoms with Gasteiger partial charge < -0.3 is 39.2 Å². The molecule has 1 saturated heterocycles. The molecule has 0 spiro atoms. The van der Waals surface area contributed by atoms with E-state index >= 15 is 0 Å². The Balaban J connectivity index is 1.37. The SMILES string of the molecule is COc1cc(C(=O)N(C)c2ccccc2COCCCCCC(=O)O)ccc1NC(=O)c1ccccc1OC1CCN(C(=O)OC(C)(C)C)CC1. The third kappa shape index (κ3) is 11.5. The minimum absolute atomic E-state index is 0.150. The number of benzene rings is 3. The number of hydrogen-bond donors (Lipinski definition) is 2. The number of carbonyl (C=O) groups is 4. The van der Waals surface area contributed by atoms with Crippen LogP contribution in [-0.2, 0) is 20.9 Å². The minimum atomic E-state index is -0.798. The lowest BCUT2D eigenvalue weighted by molar-refractivity contribution is -0.137. The molecule has 1 heterocycles. The van der Waals surface area contributed by atoms with Crippen LogP contribution in [0.3, 0.4) is 0 Å². The normalized spacial score (nSPS) is 13.3. The maximum absolute atomic E-state index is 13.6. The van der Waals surface area contributed by atoms with E-state index in [0.29, 0.717) is 79.6 Å². The Hall–Kier alpha value is -5.10. The fourth-order valence-electron chi connectivity index (χ4n) is 5.64. The smallest absolute Gasteiger partial charge is 0.410 e. The number of carboxylic acids is 1. The number of amides is 3. The number of carboxylic acid groups (broad SMARTS) is 1. The average molecular weight is 704 g/mol. The first-order valence-electron chi connectivity index (χ1n) is 17.2. The largest absolute Gasteiger partial charge is 0.495 e. The summed E-state index contributed by atoms with van der Waals surface area (Å²) in [7, 11) is 3.16. The number of piperidine rings is 1. The highest BCUT2D eigenvalue weighted by atomic mass is 16.6. The number of rotatable bonds is 15. The molecule has 0 unspecified atom stereocenters. The van der Waals surface area contributed by atoms with E-state index in [4.69, 9.17) is 24.1 Å². The Morgan fingerprint density at radius 1 is 0.922 bits per heavy atom. The Bertz CT molecular complexity index is 1660. The van der Waals surface area contributed by atoms with Crippen molar-refractivity contribution in [3.05, 3.63) is 83.4 Å². The van der Waals surface area contributed by atoms with Gasteiger partial charge >= 0.3 is 12.1 Å². The molecule has 2 N–H and O–H groups in total. The second kappa shape index (κ2) is 18.2. The van der Waals surface area contributed by atoms with Gasteiger partial charge in [-0.05, 0) is 70.0 Å². The molecule has 0 atom stereocenters. The lowest BCUT2D eigenvalue weighted by atomic mass is 10.1. The highest BCUT2D eigenvalue weighted by Crippen LogP contribution is 2.30. The summed E-state index contributed by atoms with van der Waals surface area (Å²) in [5.74, 6) is -0.729. The molecule has 12 heteroatoms. The van der Waals surface area contributed by atoms with E-state index in [1.165, 1.54) is 7.11 Å². The zero-order chi connectivity index (χ0) is 37.0. The molecular formula is C39H49N3O9. The van der Waals surface area contributed by atoms with E-state index in [2.05, 4.69) is 5.32 Å². The number of unbranched alkanes of at least 4 members (excludes halogenated alkanes) is 2. The Morgan fingerprint density at radius 2 is 1.63 bits per heavy atom. The average Bonchev–Trinajstić information content (AvgIpc) is 3.10. The molecule has 0 bridgehead atoms. The zero-order valence-electron chi connectivity index (χ0n) is 30.1. The Labute approximate surface area is 299 Å². The highest BCUT2D eigenvalue weighted by molar-refractivity contribution is 6.09. The number of nitrogens with zero attached hydrogens (tertiary/aromatic N) is 2. The second-order valence-corrected chi connectivity index (χ2v) is 13.4. The number of ether oxygens (including phenoxy) is 4. The molecule has 51 heavy (non-hydrogen) atoms. The van der Waals surface area contributed by atoms with Crippen molar-refractivity contribution < 1.29 is 43.2 Å². The van der Waals surface area contributed by atoms with Crippen molar-refractivity contribution in [2.24, 2.45) is 0 Å². The van der Waals surface area contributed by atoms with Gasteiger partial charge in [0.05, 0.1) is 25.0 Å². The van der Waals surface area contributed by atoms with Gasteiger partial charge in [0.2, 0.25) is 0 Å². The van der Waals surface area contributed by atoms with Gasteiger partial charge in [-0.15, -0.1) is 0 Å². The molecule has 1 aliphatic heterocycles. The summed E-state index contributed by atoms with van der Waals surface area (Å²) < 4.78 is 23.2. The molecule has 3 aromatic rings. The molecule has 0 aromatic heterocycles. The van der Waals surface area contributed by atoms with Crippen LogP contribution in [0.4, 0.5) is 16.2 Å². The lowest BCUT2D eigenvalue weighted by Crippen LogP contribution is -2.44. The van der Waals surface area contributed by atoms with Crippen molar-refractivity contribution in [2.75, 3.05) is 44.1 Å². The van der Waals surface area contributed by atoms with Gasteiger partial charge in [0.25, 0.3) is 11.8 Å². The monoisotopic (exact) mass is 703 g/mol. The second-order valence-electron chi connectivity index (χ2n) is 13.4. The lowest BCUT2D eigenvalue weighted by Gasteiger charge is -2.33. The van der Waals surface area contributed by atoms with E-state index in [1.54, 1.807) is 59.3 Å². The van der Waals surface area contributed by atoms with Crippen LogP contribution in [0, 0.1) is 0 Å². The first-order chi connectivity index (χ1) is 24.4. The quantitative estimate of drug-likeness (QED) is 0.158. The third-order valence-electron chi connectivity index (χ3n) is 8.31.